The lowest BCUT2D eigenvalue weighted by molar-refractivity contribution is -0.117. The van der Waals surface area contributed by atoms with Crippen LogP contribution in [0.15, 0.2) is 24.0 Å². The normalized spacial score (nSPS) is 17.0. The summed E-state index contributed by atoms with van der Waals surface area (Å²) in [5.74, 6) is -0.164. The number of hydrogen-bond acceptors (Lipinski definition) is 5. The van der Waals surface area contributed by atoms with Crippen molar-refractivity contribution in [3.05, 3.63) is 35.2 Å². The smallest absolute Gasteiger partial charge is 0.233 e. The van der Waals surface area contributed by atoms with Gasteiger partial charge in [-0.1, -0.05) is 0 Å². The second kappa shape index (κ2) is 5.62. The summed E-state index contributed by atoms with van der Waals surface area (Å²) >= 11 is 1.43. The predicted molar refractivity (Wildman–Crippen MR) is 87.2 cm³/mol. The Kier molecular flexibility index (Phi) is 3.45. The largest absolute Gasteiger partial charge is 0.301 e. The first-order valence-corrected chi connectivity index (χ1v) is 8.36. The molecule has 3 aromatic rings. The number of carbonyl (C=O) groups is 1. The van der Waals surface area contributed by atoms with Gasteiger partial charge in [-0.2, -0.15) is 10.2 Å². The highest BCUT2D eigenvalue weighted by atomic mass is 32.1. The maximum absolute atomic E-state index is 12.6. The van der Waals surface area contributed by atoms with Gasteiger partial charge in [0.05, 0.1) is 24.0 Å². The Morgan fingerprint density at radius 3 is 3.22 bits per heavy atom. The summed E-state index contributed by atoms with van der Waals surface area (Å²) in [5, 5.41) is 16.7. The number of rotatable bonds is 3. The molecule has 0 radical (unpaired) electrons. The van der Waals surface area contributed by atoms with Crippen LogP contribution in [0.5, 0.6) is 0 Å². The number of anilines is 1. The number of hydrogen-bond donors (Lipinski definition) is 2. The molecule has 1 atom stereocenters. The summed E-state index contributed by atoms with van der Waals surface area (Å²) in [5.41, 5.74) is 3.86. The van der Waals surface area contributed by atoms with Gasteiger partial charge in [0, 0.05) is 35.4 Å². The minimum absolute atomic E-state index is 0.0144. The third-order valence-corrected chi connectivity index (χ3v) is 4.86. The van der Waals surface area contributed by atoms with Crippen molar-refractivity contribution >= 4 is 22.4 Å². The highest BCUT2D eigenvalue weighted by molar-refractivity contribution is 7.14. The molecule has 0 fully saturated rings. The number of nitrogens with zero attached hydrogens (tertiary/aromatic N) is 4. The Labute approximate surface area is 136 Å². The second-order valence-corrected chi connectivity index (χ2v) is 6.54. The molecule has 1 aliphatic rings. The zero-order valence-corrected chi connectivity index (χ0v) is 13.4. The third kappa shape index (κ3) is 2.65. The van der Waals surface area contributed by atoms with Crippen molar-refractivity contribution in [2.45, 2.75) is 25.2 Å². The Morgan fingerprint density at radius 1 is 1.48 bits per heavy atom. The van der Waals surface area contributed by atoms with Crippen molar-refractivity contribution in [2.75, 3.05) is 5.32 Å². The summed E-state index contributed by atoms with van der Waals surface area (Å²) in [6.07, 6.45) is 8.23. The van der Waals surface area contributed by atoms with Gasteiger partial charge in [0.1, 0.15) is 0 Å². The molecule has 1 amide bonds. The lowest BCUT2D eigenvalue weighted by atomic mass is 9.86. The van der Waals surface area contributed by atoms with Crippen molar-refractivity contribution in [3.63, 3.8) is 0 Å². The van der Waals surface area contributed by atoms with Crippen molar-refractivity contribution in [1.29, 1.82) is 0 Å². The van der Waals surface area contributed by atoms with E-state index in [1.165, 1.54) is 11.3 Å². The molecule has 4 rings (SSSR count). The van der Waals surface area contributed by atoms with E-state index in [0.29, 0.717) is 5.13 Å². The molecule has 118 valence electrons. The molecule has 3 heterocycles. The average Bonchev–Trinajstić information content (AvgIpc) is 3.26. The lowest BCUT2D eigenvalue weighted by Gasteiger charge is -2.20. The van der Waals surface area contributed by atoms with Crippen LogP contribution in [-0.4, -0.2) is 30.9 Å². The Hall–Kier alpha value is -2.48. The predicted octanol–water partition coefficient (Wildman–Crippen LogP) is 2.33. The number of carbonyl (C=O) groups excluding carboxylic acids is 1. The van der Waals surface area contributed by atoms with E-state index < -0.39 is 0 Å². The van der Waals surface area contributed by atoms with Gasteiger partial charge in [-0.15, -0.1) is 11.3 Å². The molecule has 0 aliphatic heterocycles. The zero-order valence-electron chi connectivity index (χ0n) is 12.6. The number of nitrogens with one attached hydrogen (secondary N) is 2. The highest BCUT2D eigenvalue weighted by Crippen LogP contribution is 2.32. The standard InChI is InChI=1S/C15H16N6OS/c1-21-7-9(5-17-21)13-8-23-15(18-13)19-14(22)10-3-2-4-12-11(10)6-16-20-12/h5-8,10H,2-4H2,1H3,(H,16,20)(H,18,19,22)/t10-/m0/s1. The van der Waals surface area contributed by atoms with Gasteiger partial charge < -0.3 is 5.32 Å². The molecule has 0 aromatic carbocycles. The van der Waals surface area contributed by atoms with E-state index in [-0.39, 0.29) is 11.8 Å². The Bertz CT molecular complexity index is 848. The van der Waals surface area contributed by atoms with E-state index >= 15 is 0 Å². The molecule has 0 spiro atoms. The van der Waals surface area contributed by atoms with Crippen molar-refractivity contribution in [2.24, 2.45) is 7.05 Å². The van der Waals surface area contributed by atoms with E-state index in [9.17, 15) is 4.79 Å². The topological polar surface area (TPSA) is 88.5 Å². The third-order valence-electron chi connectivity index (χ3n) is 4.10. The summed E-state index contributed by atoms with van der Waals surface area (Å²) in [7, 11) is 1.87. The first-order chi connectivity index (χ1) is 11.2. The van der Waals surface area contributed by atoms with Crippen LogP contribution in [0.25, 0.3) is 11.3 Å². The van der Waals surface area contributed by atoms with E-state index in [2.05, 4.69) is 25.6 Å². The zero-order chi connectivity index (χ0) is 15.8. The van der Waals surface area contributed by atoms with Crippen LogP contribution in [0.4, 0.5) is 5.13 Å². The van der Waals surface area contributed by atoms with Crippen LogP contribution in [-0.2, 0) is 18.3 Å². The lowest BCUT2D eigenvalue weighted by Crippen LogP contribution is -2.24. The fourth-order valence-electron chi connectivity index (χ4n) is 2.94. The van der Waals surface area contributed by atoms with Crippen LogP contribution in [0.3, 0.4) is 0 Å². The number of H-pyrrole nitrogens is 1. The number of fused-ring (bicyclic) bond motifs is 1. The number of aromatic amines is 1. The van der Waals surface area contributed by atoms with Crippen LogP contribution < -0.4 is 5.32 Å². The van der Waals surface area contributed by atoms with Gasteiger partial charge in [-0.3, -0.25) is 14.6 Å². The first kappa shape index (κ1) is 14.1. The van der Waals surface area contributed by atoms with Crippen LogP contribution in [0, 0.1) is 0 Å². The summed E-state index contributed by atoms with van der Waals surface area (Å²) in [6, 6.07) is 0. The van der Waals surface area contributed by atoms with Gasteiger partial charge in [0.25, 0.3) is 0 Å². The Balaban J connectivity index is 1.51. The second-order valence-electron chi connectivity index (χ2n) is 5.68. The Morgan fingerprint density at radius 2 is 2.39 bits per heavy atom. The minimum atomic E-state index is -0.150. The van der Waals surface area contributed by atoms with E-state index in [1.54, 1.807) is 17.1 Å². The molecule has 0 unspecified atom stereocenters. The quantitative estimate of drug-likeness (QED) is 0.772. The van der Waals surface area contributed by atoms with Crippen molar-refractivity contribution in [1.82, 2.24) is 25.0 Å². The first-order valence-electron chi connectivity index (χ1n) is 7.48. The molecular weight excluding hydrogens is 312 g/mol. The fourth-order valence-corrected chi connectivity index (χ4v) is 3.67. The molecule has 8 heteroatoms. The summed E-state index contributed by atoms with van der Waals surface area (Å²) in [6.45, 7) is 0. The molecule has 0 saturated heterocycles. The minimum Gasteiger partial charge on any atom is -0.301 e. The monoisotopic (exact) mass is 328 g/mol. The van der Waals surface area contributed by atoms with Crippen molar-refractivity contribution < 1.29 is 4.79 Å². The molecule has 0 bridgehead atoms. The van der Waals surface area contributed by atoms with Gasteiger partial charge in [-0.05, 0) is 19.3 Å². The maximum atomic E-state index is 12.6. The van der Waals surface area contributed by atoms with Gasteiger partial charge in [0.15, 0.2) is 5.13 Å². The number of amides is 1. The van der Waals surface area contributed by atoms with Gasteiger partial charge in [-0.25, -0.2) is 4.98 Å². The van der Waals surface area contributed by atoms with Crippen LogP contribution in [0.2, 0.25) is 0 Å². The number of aryl methyl sites for hydroxylation is 2. The van der Waals surface area contributed by atoms with E-state index in [1.807, 2.05) is 18.6 Å². The summed E-state index contributed by atoms with van der Waals surface area (Å²) < 4.78 is 1.73. The highest BCUT2D eigenvalue weighted by Gasteiger charge is 2.28. The molecule has 7 nitrogen and oxygen atoms in total. The molecule has 3 aromatic heterocycles. The van der Waals surface area contributed by atoms with E-state index in [4.69, 9.17) is 0 Å². The van der Waals surface area contributed by atoms with Crippen LogP contribution >= 0.6 is 11.3 Å². The van der Waals surface area contributed by atoms with Crippen molar-refractivity contribution in [3.8, 4) is 11.3 Å². The van der Waals surface area contributed by atoms with Gasteiger partial charge >= 0.3 is 0 Å². The molecular formula is C15H16N6OS. The molecule has 23 heavy (non-hydrogen) atoms. The van der Waals surface area contributed by atoms with E-state index in [0.717, 1.165) is 41.8 Å². The number of thiazole rings is 1. The average molecular weight is 328 g/mol. The number of aromatic nitrogens is 5. The SMILES string of the molecule is Cn1cc(-c2csc(NC(=O)[C@H]3CCCc4[nH]ncc43)n2)cn1. The van der Waals surface area contributed by atoms with Gasteiger partial charge in [0.2, 0.25) is 5.91 Å². The molecule has 2 N–H and O–H groups in total. The molecule has 1 aliphatic carbocycles. The maximum Gasteiger partial charge on any atom is 0.233 e. The van der Waals surface area contributed by atoms with Crippen LogP contribution in [0.1, 0.15) is 30.0 Å². The fraction of sp³-hybridized carbons (Fsp3) is 0.333. The molecule has 0 saturated carbocycles. The summed E-state index contributed by atoms with van der Waals surface area (Å²) in [4.78, 5) is 17.1.